The quantitative estimate of drug-likeness (QED) is 0.262. The lowest BCUT2D eigenvalue weighted by atomic mass is 10.00. The summed E-state index contributed by atoms with van der Waals surface area (Å²) in [7, 11) is 0. The van der Waals surface area contributed by atoms with E-state index < -0.39 is 48.0 Å². The molecule has 0 aliphatic carbocycles. The van der Waals surface area contributed by atoms with Crippen LogP contribution in [0.3, 0.4) is 0 Å². The Hall–Kier alpha value is -0.810. The lowest BCUT2D eigenvalue weighted by molar-refractivity contribution is -0.396. The number of ether oxygens (including phenoxy) is 1. The minimum atomic E-state index is -6.87. The van der Waals surface area contributed by atoms with Crippen LogP contribution in [0.15, 0.2) is 0 Å². The second kappa shape index (κ2) is 8.92. The van der Waals surface area contributed by atoms with Crippen molar-refractivity contribution in [3.8, 4) is 0 Å². The van der Waals surface area contributed by atoms with Gasteiger partial charge in [-0.2, -0.15) is 39.5 Å². The van der Waals surface area contributed by atoms with Crippen LogP contribution >= 0.6 is 11.8 Å². The molecule has 0 saturated heterocycles. The average Bonchev–Trinajstić information content (AvgIpc) is 2.45. The van der Waals surface area contributed by atoms with Gasteiger partial charge >= 0.3 is 29.9 Å². The highest BCUT2D eigenvalue weighted by molar-refractivity contribution is 8.00. The predicted octanol–water partition coefficient (Wildman–Crippen LogP) is 5.56. The van der Waals surface area contributed by atoms with Crippen LogP contribution in [0, 0.1) is 5.92 Å². The highest BCUT2D eigenvalue weighted by Gasteiger charge is 2.81. The molecule has 0 radical (unpaired) electrons. The van der Waals surface area contributed by atoms with Gasteiger partial charge in [-0.1, -0.05) is 13.8 Å². The van der Waals surface area contributed by atoms with Gasteiger partial charge in [0.1, 0.15) is 5.25 Å². The van der Waals surface area contributed by atoms with E-state index in [1.165, 1.54) is 6.92 Å². The fraction of sp³-hybridized carbons (Fsp3) is 0.929. The summed E-state index contributed by atoms with van der Waals surface area (Å²) in [6, 6.07) is 0. The molecular formula is C14H19F9O2S. The Morgan fingerprint density at radius 3 is 1.85 bits per heavy atom. The first-order valence-corrected chi connectivity index (χ1v) is 8.56. The van der Waals surface area contributed by atoms with E-state index >= 15 is 0 Å². The molecule has 0 aliphatic heterocycles. The smallest absolute Gasteiger partial charge is 0.460 e. The van der Waals surface area contributed by atoms with Crippen molar-refractivity contribution >= 4 is 17.7 Å². The summed E-state index contributed by atoms with van der Waals surface area (Å²) in [6.07, 6.45) is -9.52. The number of carbonyl (C=O) groups is 1. The molecule has 0 saturated carbocycles. The number of rotatable bonds is 10. The van der Waals surface area contributed by atoms with Crippen LogP contribution in [0.4, 0.5) is 39.5 Å². The second-order valence-corrected chi connectivity index (χ2v) is 6.99. The van der Waals surface area contributed by atoms with Gasteiger partial charge in [-0.15, -0.1) is 11.8 Å². The Morgan fingerprint density at radius 1 is 0.962 bits per heavy atom. The molecule has 156 valence electrons. The van der Waals surface area contributed by atoms with Gasteiger partial charge in [-0.05, 0) is 25.0 Å². The van der Waals surface area contributed by atoms with Crippen LogP contribution in [0.1, 0.15) is 33.6 Å². The van der Waals surface area contributed by atoms with Crippen LogP contribution in [0.2, 0.25) is 0 Å². The third-order valence-electron chi connectivity index (χ3n) is 3.27. The Bertz CT molecular complexity index is 464. The van der Waals surface area contributed by atoms with Crippen molar-refractivity contribution < 1.29 is 49.0 Å². The zero-order chi connectivity index (χ0) is 21.0. The molecule has 0 heterocycles. The van der Waals surface area contributed by atoms with Crippen LogP contribution in [-0.4, -0.2) is 47.5 Å². The first kappa shape index (κ1) is 25.2. The zero-order valence-corrected chi connectivity index (χ0v) is 14.9. The van der Waals surface area contributed by atoms with Gasteiger partial charge in [0.2, 0.25) is 0 Å². The van der Waals surface area contributed by atoms with E-state index in [0.29, 0.717) is 0 Å². The van der Waals surface area contributed by atoms with Crippen LogP contribution in [-0.2, 0) is 9.53 Å². The van der Waals surface area contributed by atoms with Gasteiger partial charge in [0, 0.05) is 6.42 Å². The Labute approximate surface area is 148 Å². The fourth-order valence-corrected chi connectivity index (χ4v) is 2.98. The molecule has 0 aromatic carbocycles. The van der Waals surface area contributed by atoms with E-state index in [1.54, 1.807) is 13.8 Å². The summed E-state index contributed by atoms with van der Waals surface area (Å²) in [6.45, 7) is 4.81. The van der Waals surface area contributed by atoms with Crippen molar-refractivity contribution in [3.63, 3.8) is 0 Å². The molecule has 2 nitrogen and oxygen atoms in total. The third-order valence-corrected chi connectivity index (χ3v) is 4.89. The highest BCUT2D eigenvalue weighted by atomic mass is 32.2. The normalized spacial score (nSPS) is 15.3. The van der Waals surface area contributed by atoms with Crippen molar-refractivity contribution in [2.75, 3.05) is 12.4 Å². The maximum Gasteiger partial charge on any atom is 0.460 e. The largest absolute Gasteiger partial charge is 0.465 e. The molecule has 0 amide bonds. The van der Waals surface area contributed by atoms with Crippen LogP contribution < -0.4 is 0 Å². The summed E-state index contributed by atoms with van der Waals surface area (Å²) < 4.78 is 119. The van der Waals surface area contributed by atoms with Crippen LogP contribution in [0.25, 0.3) is 0 Å². The molecule has 0 N–H and O–H groups in total. The van der Waals surface area contributed by atoms with Gasteiger partial charge < -0.3 is 4.74 Å². The molecule has 0 fully saturated rings. The van der Waals surface area contributed by atoms with Crippen molar-refractivity contribution in [2.45, 2.75) is 62.8 Å². The Balaban J connectivity index is 4.90. The first-order valence-electron chi connectivity index (χ1n) is 7.51. The monoisotopic (exact) mass is 422 g/mol. The van der Waals surface area contributed by atoms with Crippen molar-refractivity contribution in [2.24, 2.45) is 5.92 Å². The minimum absolute atomic E-state index is 0.0550. The van der Waals surface area contributed by atoms with E-state index in [-0.39, 0.29) is 18.3 Å². The average molecular weight is 422 g/mol. The molecule has 0 aromatic rings. The molecule has 0 bridgehead atoms. The van der Waals surface area contributed by atoms with Crippen LogP contribution in [0.5, 0.6) is 0 Å². The molecule has 12 heteroatoms. The number of thioether (sulfide) groups is 1. The molecule has 26 heavy (non-hydrogen) atoms. The van der Waals surface area contributed by atoms with Crippen molar-refractivity contribution in [3.05, 3.63) is 0 Å². The summed E-state index contributed by atoms with van der Waals surface area (Å²) in [4.78, 5) is 11.6. The van der Waals surface area contributed by atoms with E-state index in [2.05, 4.69) is 0 Å². The Morgan fingerprint density at radius 2 is 1.46 bits per heavy atom. The molecule has 0 spiro atoms. The molecule has 0 aromatic heterocycles. The molecule has 0 aliphatic rings. The van der Waals surface area contributed by atoms with E-state index in [0.717, 1.165) is 11.8 Å². The number of hydrogen-bond donors (Lipinski definition) is 0. The second-order valence-electron chi connectivity index (χ2n) is 5.74. The van der Waals surface area contributed by atoms with Gasteiger partial charge in [0.25, 0.3) is 0 Å². The van der Waals surface area contributed by atoms with Gasteiger partial charge in [-0.3, -0.25) is 4.79 Å². The summed E-state index contributed by atoms with van der Waals surface area (Å²) >= 11 is 0.780. The number of esters is 1. The van der Waals surface area contributed by atoms with Gasteiger partial charge in [0.05, 0.1) is 6.61 Å². The molecule has 1 atom stereocenters. The highest BCUT2D eigenvalue weighted by Crippen LogP contribution is 2.54. The lowest BCUT2D eigenvalue weighted by Crippen LogP contribution is -2.60. The lowest BCUT2D eigenvalue weighted by Gasteiger charge is -2.33. The summed E-state index contributed by atoms with van der Waals surface area (Å²) in [5.74, 6) is -20.3. The number of halogens is 9. The van der Waals surface area contributed by atoms with E-state index in [4.69, 9.17) is 4.74 Å². The van der Waals surface area contributed by atoms with E-state index in [1.807, 2.05) is 0 Å². The number of carbonyl (C=O) groups excluding carboxylic acids is 1. The first-order chi connectivity index (χ1) is 11.5. The van der Waals surface area contributed by atoms with Gasteiger partial charge in [0.15, 0.2) is 0 Å². The number of alkyl halides is 9. The molecular weight excluding hydrogens is 403 g/mol. The van der Waals surface area contributed by atoms with Crippen molar-refractivity contribution in [1.29, 1.82) is 0 Å². The zero-order valence-electron chi connectivity index (χ0n) is 14.1. The van der Waals surface area contributed by atoms with Gasteiger partial charge in [-0.25, -0.2) is 0 Å². The van der Waals surface area contributed by atoms with Crippen molar-refractivity contribution in [1.82, 2.24) is 0 Å². The molecule has 0 rings (SSSR count). The standard InChI is InChI=1S/C14H19F9O2S/c1-4-25-10(24)9(8(2)3)26-7-5-6-11(15,16)12(17,18)13(19,20)14(21,22)23/h8-9H,4-7H2,1-3H3. The number of hydrogen-bond acceptors (Lipinski definition) is 3. The predicted molar refractivity (Wildman–Crippen MR) is 77.8 cm³/mol. The molecule has 1 unspecified atom stereocenters. The fourth-order valence-electron chi connectivity index (χ4n) is 1.83. The minimum Gasteiger partial charge on any atom is -0.465 e. The Kier molecular flexibility index (Phi) is 8.64. The SMILES string of the molecule is CCOC(=O)C(SCCCC(F)(F)C(F)(F)C(F)(F)C(F)(F)F)C(C)C. The summed E-state index contributed by atoms with van der Waals surface area (Å²) in [5, 5.41) is -0.805. The maximum atomic E-state index is 13.4. The third kappa shape index (κ3) is 5.59. The summed E-state index contributed by atoms with van der Waals surface area (Å²) in [5.41, 5.74) is 0. The van der Waals surface area contributed by atoms with E-state index in [9.17, 15) is 44.3 Å². The maximum absolute atomic E-state index is 13.4. The topological polar surface area (TPSA) is 26.3 Å².